The fraction of sp³-hybridized carbons (Fsp3) is 0.304. The Kier molecular flexibility index (Phi) is 7.08. The molecule has 3 rings (SSSR count). The van der Waals surface area contributed by atoms with Gasteiger partial charge in [-0.15, -0.1) is 6.58 Å². The normalized spacial score (nSPS) is 15.6. The molecule has 158 valence electrons. The largest absolute Gasteiger partial charge is 0.493 e. The molecule has 0 saturated carbocycles. The number of ether oxygens (including phenoxy) is 2. The van der Waals surface area contributed by atoms with Gasteiger partial charge in [-0.1, -0.05) is 36.4 Å². The number of rotatable bonds is 7. The third-order valence-corrected chi connectivity index (χ3v) is 5.10. The van der Waals surface area contributed by atoms with Crippen molar-refractivity contribution < 1.29 is 19.1 Å². The van der Waals surface area contributed by atoms with Crippen molar-refractivity contribution >= 4 is 11.9 Å². The molecule has 0 aliphatic carbocycles. The van der Waals surface area contributed by atoms with Crippen LogP contribution in [0, 0.1) is 0 Å². The molecule has 0 spiro atoms. The molecule has 3 amide bonds. The van der Waals surface area contributed by atoms with Crippen molar-refractivity contribution in [1.82, 2.24) is 15.5 Å². The number of methoxy groups -OCH3 is 2. The summed E-state index contributed by atoms with van der Waals surface area (Å²) in [6.45, 7) is 4.60. The van der Waals surface area contributed by atoms with E-state index in [1.54, 1.807) is 20.3 Å². The lowest BCUT2D eigenvalue weighted by molar-refractivity contribution is -0.121. The van der Waals surface area contributed by atoms with Crippen molar-refractivity contribution in [3.05, 3.63) is 71.8 Å². The number of hydrogen-bond acceptors (Lipinski definition) is 5. The number of urea groups is 1. The van der Waals surface area contributed by atoms with Gasteiger partial charge < -0.3 is 14.8 Å². The summed E-state index contributed by atoms with van der Waals surface area (Å²) in [4.78, 5) is 26.4. The summed E-state index contributed by atoms with van der Waals surface area (Å²) in [6, 6.07) is 13.3. The standard InChI is InChI=1S/C23H27N3O4/c1-4-11-24-23(28)25-21(27)15-26-12-10-17-13-19(29-2)20(30-3)14-18(17)22(26)16-8-6-5-7-9-16/h4-9,13-14,22H,1,10-12,15H2,2-3H3,(H2,24,25,27,28). The quantitative estimate of drug-likeness (QED) is 0.688. The first kappa shape index (κ1) is 21.4. The van der Waals surface area contributed by atoms with Crippen LogP contribution >= 0.6 is 0 Å². The molecule has 0 aromatic heterocycles. The van der Waals surface area contributed by atoms with Crippen LogP contribution in [0.15, 0.2) is 55.1 Å². The Morgan fingerprint density at radius 3 is 2.53 bits per heavy atom. The molecular weight excluding hydrogens is 382 g/mol. The molecule has 7 heteroatoms. The molecule has 1 atom stereocenters. The number of carbonyl (C=O) groups is 2. The average molecular weight is 409 g/mol. The van der Waals surface area contributed by atoms with E-state index in [4.69, 9.17) is 9.47 Å². The predicted octanol–water partition coefficient (Wildman–Crippen LogP) is 2.66. The zero-order chi connectivity index (χ0) is 21.5. The van der Waals surface area contributed by atoms with Gasteiger partial charge >= 0.3 is 6.03 Å². The van der Waals surface area contributed by atoms with Crippen molar-refractivity contribution in [2.24, 2.45) is 0 Å². The minimum absolute atomic E-state index is 0.0921. The molecular formula is C23H27N3O4. The first-order valence-corrected chi connectivity index (χ1v) is 9.79. The highest BCUT2D eigenvalue weighted by Crippen LogP contribution is 2.40. The van der Waals surface area contributed by atoms with Crippen molar-refractivity contribution in [1.29, 1.82) is 0 Å². The van der Waals surface area contributed by atoms with Crippen LogP contribution in [-0.2, 0) is 11.2 Å². The summed E-state index contributed by atoms with van der Waals surface area (Å²) in [6.07, 6.45) is 2.31. The van der Waals surface area contributed by atoms with Gasteiger partial charge in [-0.25, -0.2) is 4.79 Å². The Hall–Kier alpha value is -3.32. The molecule has 1 aliphatic heterocycles. The van der Waals surface area contributed by atoms with Gasteiger partial charge in [0.1, 0.15) is 0 Å². The van der Waals surface area contributed by atoms with Gasteiger partial charge in [-0.2, -0.15) is 0 Å². The first-order valence-electron chi connectivity index (χ1n) is 9.79. The number of benzene rings is 2. The van der Waals surface area contributed by atoms with E-state index in [0.29, 0.717) is 24.6 Å². The van der Waals surface area contributed by atoms with E-state index in [-0.39, 0.29) is 18.5 Å². The second-order valence-electron chi connectivity index (χ2n) is 6.99. The number of fused-ring (bicyclic) bond motifs is 1. The topological polar surface area (TPSA) is 79.9 Å². The van der Waals surface area contributed by atoms with E-state index in [0.717, 1.165) is 23.1 Å². The van der Waals surface area contributed by atoms with Crippen LogP contribution in [0.2, 0.25) is 0 Å². The van der Waals surface area contributed by atoms with E-state index in [1.165, 1.54) is 0 Å². The molecule has 2 aromatic rings. The number of hydrogen-bond donors (Lipinski definition) is 2. The Morgan fingerprint density at radius 1 is 1.17 bits per heavy atom. The third kappa shape index (κ3) is 4.80. The Morgan fingerprint density at radius 2 is 1.87 bits per heavy atom. The van der Waals surface area contributed by atoms with Gasteiger partial charge in [-0.05, 0) is 35.2 Å². The van der Waals surface area contributed by atoms with E-state index in [2.05, 4.69) is 22.1 Å². The zero-order valence-corrected chi connectivity index (χ0v) is 17.3. The lowest BCUT2D eigenvalue weighted by Crippen LogP contribution is -2.47. The summed E-state index contributed by atoms with van der Waals surface area (Å²) < 4.78 is 11.0. The van der Waals surface area contributed by atoms with Crippen LogP contribution in [0.25, 0.3) is 0 Å². The number of nitrogens with zero attached hydrogens (tertiary/aromatic N) is 1. The van der Waals surface area contributed by atoms with Crippen LogP contribution in [0.5, 0.6) is 11.5 Å². The average Bonchev–Trinajstić information content (AvgIpc) is 2.77. The highest BCUT2D eigenvalue weighted by molar-refractivity contribution is 5.95. The fourth-order valence-corrected chi connectivity index (χ4v) is 3.75. The van der Waals surface area contributed by atoms with E-state index < -0.39 is 6.03 Å². The Labute approximate surface area is 176 Å². The molecule has 1 heterocycles. The number of imide groups is 1. The van der Waals surface area contributed by atoms with Crippen LogP contribution < -0.4 is 20.1 Å². The first-order chi connectivity index (χ1) is 14.6. The maximum absolute atomic E-state index is 12.5. The molecule has 0 bridgehead atoms. The van der Waals surface area contributed by atoms with Crippen LogP contribution in [-0.4, -0.2) is 50.7 Å². The molecule has 1 aliphatic rings. The summed E-state index contributed by atoms with van der Waals surface area (Å²) in [7, 11) is 3.23. The molecule has 2 aromatic carbocycles. The SMILES string of the molecule is C=CCNC(=O)NC(=O)CN1CCc2cc(OC)c(OC)cc2C1c1ccccc1. The van der Waals surface area contributed by atoms with Crippen LogP contribution in [0.3, 0.4) is 0 Å². The number of nitrogens with one attached hydrogen (secondary N) is 2. The molecule has 7 nitrogen and oxygen atoms in total. The molecule has 1 unspecified atom stereocenters. The van der Waals surface area contributed by atoms with Crippen molar-refractivity contribution in [3.8, 4) is 11.5 Å². The van der Waals surface area contributed by atoms with Gasteiger partial charge in [0.25, 0.3) is 0 Å². The predicted molar refractivity (Wildman–Crippen MR) is 115 cm³/mol. The maximum Gasteiger partial charge on any atom is 0.321 e. The molecule has 0 fully saturated rings. The highest BCUT2D eigenvalue weighted by Gasteiger charge is 2.31. The lowest BCUT2D eigenvalue weighted by atomic mass is 9.87. The molecule has 0 radical (unpaired) electrons. The number of carbonyl (C=O) groups excluding carboxylic acids is 2. The minimum Gasteiger partial charge on any atom is -0.493 e. The summed E-state index contributed by atoms with van der Waals surface area (Å²) in [5.74, 6) is 0.974. The lowest BCUT2D eigenvalue weighted by Gasteiger charge is -2.37. The van der Waals surface area contributed by atoms with Crippen molar-refractivity contribution in [2.75, 3.05) is 33.9 Å². The summed E-state index contributed by atoms with van der Waals surface area (Å²) in [5.41, 5.74) is 3.28. The van der Waals surface area contributed by atoms with Crippen LogP contribution in [0.4, 0.5) is 4.79 Å². The van der Waals surface area contributed by atoms with Gasteiger partial charge in [0.15, 0.2) is 11.5 Å². The second kappa shape index (κ2) is 9.93. The maximum atomic E-state index is 12.5. The zero-order valence-electron chi connectivity index (χ0n) is 17.3. The summed E-state index contributed by atoms with van der Waals surface area (Å²) in [5, 5.41) is 4.92. The Balaban J connectivity index is 1.90. The highest BCUT2D eigenvalue weighted by atomic mass is 16.5. The van der Waals surface area contributed by atoms with Crippen LogP contribution in [0.1, 0.15) is 22.7 Å². The number of amides is 3. The van der Waals surface area contributed by atoms with Crippen molar-refractivity contribution in [3.63, 3.8) is 0 Å². The van der Waals surface area contributed by atoms with Gasteiger partial charge in [0.05, 0.1) is 26.8 Å². The molecule has 30 heavy (non-hydrogen) atoms. The fourth-order valence-electron chi connectivity index (χ4n) is 3.75. The van der Waals surface area contributed by atoms with E-state index in [9.17, 15) is 9.59 Å². The second-order valence-corrected chi connectivity index (χ2v) is 6.99. The van der Waals surface area contributed by atoms with Gasteiger partial charge in [-0.3, -0.25) is 15.0 Å². The van der Waals surface area contributed by atoms with Crippen molar-refractivity contribution in [2.45, 2.75) is 12.5 Å². The smallest absolute Gasteiger partial charge is 0.321 e. The summed E-state index contributed by atoms with van der Waals surface area (Å²) >= 11 is 0. The molecule has 2 N–H and O–H groups in total. The van der Waals surface area contributed by atoms with E-state index >= 15 is 0 Å². The minimum atomic E-state index is -0.528. The third-order valence-electron chi connectivity index (χ3n) is 5.10. The monoisotopic (exact) mass is 409 g/mol. The van der Waals surface area contributed by atoms with Gasteiger partial charge in [0.2, 0.25) is 5.91 Å². The van der Waals surface area contributed by atoms with Gasteiger partial charge in [0, 0.05) is 13.1 Å². The van der Waals surface area contributed by atoms with E-state index in [1.807, 2.05) is 42.5 Å². The molecule has 0 saturated heterocycles. The Bertz CT molecular complexity index is 914.